The Balaban J connectivity index is 3.44. The van der Waals surface area contributed by atoms with Crippen molar-refractivity contribution in [2.75, 3.05) is 6.61 Å². The molecule has 0 rings (SSSR count). The lowest BCUT2D eigenvalue weighted by Crippen LogP contribution is -2.17. The van der Waals surface area contributed by atoms with Crippen LogP contribution in [0.1, 0.15) is 47.5 Å². The van der Waals surface area contributed by atoms with Crippen LogP contribution in [-0.4, -0.2) is 18.8 Å². The Labute approximate surface area is 88.7 Å². The molecule has 0 aromatic carbocycles. The molecule has 3 unspecified atom stereocenters. The third kappa shape index (κ3) is 7.34. The first-order valence-electron chi connectivity index (χ1n) is 5.70. The highest BCUT2D eigenvalue weighted by Gasteiger charge is 2.11. The molecule has 0 saturated carbocycles. The Morgan fingerprint density at radius 1 is 1.07 bits per heavy atom. The van der Waals surface area contributed by atoms with Crippen molar-refractivity contribution in [3.05, 3.63) is 0 Å². The van der Waals surface area contributed by atoms with E-state index in [-0.39, 0.29) is 5.92 Å². The van der Waals surface area contributed by atoms with Gasteiger partial charge in [-0.2, -0.15) is 0 Å². The van der Waals surface area contributed by atoms with Crippen LogP contribution < -0.4 is 0 Å². The van der Waals surface area contributed by atoms with E-state index in [9.17, 15) is 5.11 Å². The molecule has 1 radical (unpaired) electrons. The topological polar surface area (TPSA) is 29.1 Å². The molecule has 3 atom stereocenters. The second-order valence-corrected chi connectivity index (χ2v) is 4.78. The Morgan fingerprint density at radius 3 is 2.07 bits per heavy atom. The van der Waals surface area contributed by atoms with Crippen LogP contribution in [0.25, 0.3) is 0 Å². The van der Waals surface area contributed by atoms with Crippen LogP contribution in [0, 0.1) is 11.8 Å². The van der Waals surface area contributed by atoms with E-state index in [1.54, 1.807) is 6.92 Å². The van der Waals surface area contributed by atoms with Gasteiger partial charge < -0.3 is 4.74 Å². The fourth-order valence-electron chi connectivity index (χ4n) is 1.42. The van der Waals surface area contributed by atoms with Crippen LogP contribution in [0.3, 0.4) is 0 Å². The van der Waals surface area contributed by atoms with Crippen molar-refractivity contribution in [1.82, 2.24) is 0 Å². The molecule has 14 heavy (non-hydrogen) atoms. The molecule has 0 saturated heterocycles. The van der Waals surface area contributed by atoms with E-state index < -0.39 is 6.10 Å². The highest BCUT2D eigenvalue weighted by molar-refractivity contribution is 4.59. The lowest BCUT2D eigenvalue weighted by atomic mass is 10.0. The van der Waals surface area contributed by atoms with E-state index >= 15 is 0 Å². The first-order valence-corrected chi connectivity index (χ1v) is 5.70. The van der Waals surface area contributed by atoms with Crippen LogP contribution >= 0.6 is 0 Å². The molecule has 2 nitrogen and oxygen atoms in total. The normalized spacial score (nSPS) is 18.2. The van der Waals surface area contributed by atoms with Gasteiger partial charge in [-0.05, 0) is 38.5 Å². The highest BCUT2D eigenvalue weighted by Crippen LogP contribution is 2.11. The zero-order chi connectivity index (χ0) is 11.1. The Hall–Kier alpha value is -0.0800. The van der Waals surface area contributed by atoms with Crippen molar-refractivity contribution in [3.8, 4) is 0 Å². The SMILES string of the molecule is CC(C)CC(C)OCCC(C)C(C)[O]. The van der Waals surface area contributed by atoms with Crippen molar-refractivity contribution in [2.45, 2.75) is 59.7 Å². The smallest absolute Gasteiger partial charge is 0.0928 e. The average Bonchev–Trinajstić information content (AvgIpc) is 2.02. The summed E-state index contributed by atoms with van der Waals surface area (Å²) in [4.78, 5) is 0. The summed E-state index contributed by atoms with van der Waals surface area (Å²) in [5, 5.41) is 11.0. The highest BCUT2D eigenvalue weighted by atomic mass is 16.5. The fraction of sp³-hybridized carbons (Fsp3) is 1.00. The molecule has 0 heterocycles. The quantitative estimate of drug-likeness (QED) is 0.621. The van der Waals surface area contributed by atoms with Gasteiger partial charge in [-0.1, -0.05) is 20.8 Å². The largest absolute Gasteiger partial charge is 0.378 e. The summed E-state index contributed by atoms with van der Waals surface area (Å²) in [7, 11) is 0. The molecule has 0 fully saturated rings. The summed E-state index contributed by atoms with van der Waals surface area (Å²) in [6.45, 7) is 10.9. The molecule has 0 N–H and O–H groups in total. The molecule has 0 amide bonds. The molecule has 0 aromatic rings. The van der Waals surface area contributed by atoms with Crippen molar-refractivity contribution >= 4 is 0 Å². The van der Waals surface area contributed by atoms with Gasteiger partial charge in [0.2, 0.25) is 0 Å². The summed E-state index contributed by atoms with van der Waals surface area (Å²) in [5.41, 5.74) is 0. The van der Waals surface area contributed by atoms with Crippen LogP contribution in [0.5, 0.6) is 0 Å². The first kappa shape index (κ1) is 13.9. The zero-order valence-corrected chi connectivity index (χ0v) is 10.2. The molecule has 2 heteroatoms. The summed E-state index contributed by atoms with van der Waals surface area (Å²) in [6.07, 6.45) is 1.83. The number of ether oxygens (including phenoxy) is 1. The monoisotopic (exact) mass is 201 g/mol. The second-order valence-electron chi connectivity index (χ2n) is 4.78. The van der Waals surface area contributed by atoms with Gasteiger partial charge >= 0.3 is 0 Å². The number of hydrogen-bond acceptors (Lipinski definition) is 1. The predicted molar refractivity (Wildman–Crippen MR) is 58.8 cm³/mol. The molecule has 0 bridgehead atoms. The van der Waals surface area contributed by atoms with Crippen LogP contribution in [0.15, 0.2) is 0 Å². The van der Waals surface area contributed by atoms with Gasteiger partial charge in [-0.3, -0.25) is 0 Å². The molecular formula is C12H25O2. The molecule has 85 valence electrons. The lowest BCUT2D eigenvalue weighted by molar-refractivity contribution is 0.0131. The van der Waals surface area contributed by atoms with Crippen LogP contribution in [0.4, 0.5) is 0 Å². The molecule has 0 aliphatic carbocycles. The zero-order valence-electron chi connectivity index (χ0n) is 10.2. The fourth-order valence-corrected chi connectivity index (χ4v) is 1.42. The first-order chi connectivity index (χ1) is 6.43. The lowest BCUT2D eigenvalue weighted by Gasteiger charge is -2.17. The third-order valence-electron chi connectivity index (χ3n) is 2.58. The minimum atomic E-state index is -0.473. The summed E-state index contributed by atoms with van der Waals surface area (Å²) in [6, 6.07) is 0. The van der Waals surface area contributed by atoms with Gasteiger partial charge in [0, 0.05) is 6.61 Å². The maximum Gasteiger partial charge on any atom is 0.0928 e. The summed E-state index contributed by atoms with van der Waals surface area (Å²) < 4.78 is 5.63. The number of rotatable bonds is 7. The van der Waals surface area contributed by atoms with Gasteiger partial charge in [0.1, 0.15) is 0 Å². The molecule has 0 aliphatic rings. The van der Waals surface area contributed by atoms with Crippen LogP contribution in [-0.2, 0) is 9.84 Å². The van der Waals surface area contributed by atoms with Crippen molar-refractivity contribution in [1.29, 1.82) is 0 Å². The predicted octanol–water partition coefficient (Wildman–Crippen LogP) is 3.28. The average molecular weight is 201 g/mol. The minimum Gasteiger partial charge on any atom is -0.378 e. The molecule has 0 aromatic heterocycles. The van der Waals surface area contributed by atoms with Gasteiger partial charge in [0.15, 0.2) is 0 Å². The van der Waals surface area contributed by atoms with E-state index in [1.165, 1.54) is 0 Å². The Kier molecular flexibility index (Phi) is 7.20. The van der Waals surface area contributed by atoms with Crippen molar-refractivity contribution in [3.63, 3.8) is 0 Å². The molecule has 0 spiro atoms. The van der Waals surface area contributed by atoms with Gasteiger partial charge in [0.25, 0.3) is 0 Å². The van der Waals surface area contributed by atoms with E-state index in [0.717, 1.165) is 19.4 Å². The minimum absolute atomic E-state index is 0.223. The maximum absolute atomic E-state index is 11.0. The van der Waals surface area contributed by atoms with E-state index in [2.05, 4.69) is 20.8 Å². The van der Waals surface area contributed by atoms with Crippen LogP contribution in [0.2, 0.25) is 0 Å². The van der Waals surface area contributed by atoms with Gasteiger partial charge in [-0.25, -0.2) is 5.11 Å². The van der Waals surface area contributed by atoms with Gasteiger partial charge in [0.05, 0.1) is 12.2 Å². The van der Waals surface area contributed by atoms with Crippen molar-refractivity contribution < 1.29 is 9.84 Å². The maximum atomic E-state index is 11.0. The van der Waals surface area contributed by atoms with E-state index in [0.29, 0.717) is 12.0 Å². The third-order valence-corrected chi connectivity index (χ3v) is 2.58. The standard InChI is InChI=1S/C12H25O2/c1-9(2)8-11(4)14-7-6-10(3)12(5)13/h9-12H,6-8H2,1-5H3. The van der Waals surface area contributed by atoms with E-state index in [4.69, 9.17) is 4.74 Å². The van der Waals surface area contributed by atoms with Crippen molar-refractivity contribution in [2.24, 2.45) is 11.8 Å². The second kappa shape index (κ2) is 7.24. The molecular weight excluding hydrogens is 176 g/mol. The van der Waals surface area contributed by atoms with Gasteiger partial charge in [-0.15, -0.1) is 0 Å². The summed E-state index contributed by atoms with van der Waals surface area (Å²) in [5.74, 6) is 0.905. The number of hydrogen-bond donors (Lipinski definition) is 0. The Bertz CT molecular complexity index is 132. The van der Waals surface area contributed by atoms with E-state index in [1.807, 2.05) is 6.92 Å². The Morgan fingerprint density at radius 2 is 1.64 bits per heavy atom. The summed E-state index contributed by atoms with van der Waals surface area (Å²) >= 11 is 0. The molecule has 0 aliphatic heterocycles.